The first kappa shape index (κ1) is 22.6. The van der Waals surface area contributed by atoms with Gasteiger partial charge >= 0.3 is 6.36 Å². The third-order valence-electron chi connectivity index (χ3n) is 4.78. The van der Waals surface area contributed by atoms with Crippen molar-refractivity contribution in [2.45, 2.75) is 52.1 Å². The predicted molar refractivity (Wildman–Crippen MR) is 104 cm³/mol. The Labute approximate surface area is 177 Å². The lowest BCUT2D eigenvalue weighted by Gasteiger charge is -2.24. The normalized spacial score (nSPS) is 19.0. The van der Waals surface area contributed by atoms with Gasteiger partial charge in [-0.2, -0.15) is 5.10 Å². The highest BCUT2D eigenvalue weighted by atomic mass is 19.4. The maximum absolute atomic E-state index is 13.3. The van der Waals surface area contributed by atoms with Crippen LogP contribution in [0.2, 0.25) is 0 Å². The average molecular weight is 439 g/mol. The molecule has 1 saturated heterocycles. The number of aryl methyl sites for hydroxylation is 1. The quantitative estimate of drug-likeness (QED) is 0.720. The van der Waals surface area contributed by atoms with Crippen molar-refractivity contribution in [1.29, 1.82) is 0 Å². The molecule has 2 aromatic rings. The summed E-state index contributed by atoms with van der Waals surface area (Å²) in [6.07, 6.45) is -4.26. The van der Waals surface area contributed by atoms with E-state index in [4.69, 9.17) is 0 Å². The molecule has 2 N–H and O–H groups in total. The minimum absolute atomic E-state index is 0.112. The summed E-state index contributed by atoms with van der Waals surface area (Å²) in [6, 6.07) is 4.18. The molecule has 168 valence electrons. The van der Waals surface area contributed by atoms with Crippen molar-refractivity contribution in [3.63, 3.8) is 0 Å². The highest BCUT2D eigenvalue weighted by Gasteiger charge is 2.41. The first-order valence-corrected chi connectivity index (χ1v) is 9.87. The van der Waals surface area contributed by atoms with E-state index in [2.05, 4.69) is 25.2 Å². The summed E-state index contributed by atoms with van der Waals surface area (Å²) in [4.78, 5) is 31.1. The van der Waals surface area contributed by atoms with Crippen LogP contribution >= 0.6 is 0 Å². The number of likely N-dealkylation sites (tertiary alicyclic amines) is 1. The highest BCUT2D eigenvalue weighted by molar-refractivity contribution is 5.97. The van der Waals surface area contributed by atoms with E-state index in [0.717, 1.165) is 6.07 Å². The molecule has 0 unspecified atom stereocenters. The summed E-state index contributed by atoms with van der Waals surface area (Å²) in [6.45, 7) is 5.65. The number of rotatable bonds is 6. The number of alkyl halides is 3. The van der Waals surface area contributed by atoms with E-state index in [1.807, 2.05) is 13.8 Å². The van der Waals surface area contributed by atoms with Gasteiger partial charge in [-0.1, -0.05) is 26.0 Å². The fraction of sp³-hybridized carbons (Fsp3) is 0.500. The molecule has 3 rings (SSSR count). The number of halogens is 3. The molecule has 0 spiro atoms. The molecule has 0 saturated carbocycles. The van der Waals surface area contributed by atoms with Gasteiger partial charge in [0.25, 0.3) is 5.91 Å². The standard InChI is InChI=1S/C20H24F3N5O3/c1-11(2)8-17(29)25-13-9-15(18-24-12(3)26-27-18)28(10-13)19(30)14-6-4-5-7-16(14)31-20(21,22)23/h4-7,11,13,15H,8-10H2,1-3H3,(H,25,29)(H,24,26,27)/t13-,15-/m0/s1. The second-order valence-electron chi connectivity index (χ2n) is 7.89. The van der Waals surface area contributed by atoms with E-state index in [1.54, 1.807) is 6.92 Å². The molecule has 0 radical (unpaired) electrons. The molecule has 2 heterocycles. The number of benzene rings is 1. The van der Waals surface area contributed by atoms with Gasteiger partial charge in [-0.3, -0.25) is 14.7 Å². The summed E-state index contributed by atoms with van der Waals surface area (Å²) < 4.78 is 42.4. The van der Waals surface area contributed by atoms with Gasteiger partial charge in [0.2, 0.25) is 5.91 Å². The maximum atomic E-state index is 13.3. The zero-order valence-electron chi connectivity index (χ0n) is 17.4. The smallest absolute Gasteiger partial charge is 0.405 e. The van der Waals surface area contributed by atoms with Gasteiger partial charge in [0.05, 0.1) is 11.6 Å². The van der Waals surface area contributed by atoms with E-state index in [0.29, 0.717) is 24.5 Å². The number of hydrogen-bond acceptors (Lipinski definition) is 5. The van der Waals surface area contributed by atoms with Gasteiger partial charge in [0, 0.05) is 19.0 Å². The monoisotopic (exact) mass is 439 g/mol. The first-order valence-electron chi connectivity index (χ1n) is 9.87. The summed E-state index contributed by atoms with van der Waals surface area (Å²) >= 11 is 0. The van der Waals surface area contributed by atoms with Gasteiger partial charge in [0.15, 0.2) is 5.82 Å². The third kappa shape index (κ3) is 5.74. The maximum Gasteiger partial charge on any atom is 0.573 e. The predicted octanol–water partition coefficient (Wildman–Crippen LogP) is 3.13. The molecule has 1 aliphatic heterocycles. The van der Waals surface area contributed by atoms with Gasteiger partial charge in [-0.05, 0) is 31.4 Å². The molecule has 2 atom stereocenters. The molecule has 31 heavy (non-hydrogen) atoms. The van der Waals surface area contributed by atoms with E-state index >= 15 is 0 Å². The van der Waals surface area contributed by atoms with E-state index in [1.165, 1.54) is 23.1 Å². The fourth-order valence-electron chi connectivity index (χ4n) is 3.59. The van der Waals surface area contributed by atoms with Crippen LogP contribution in [0, 0.1) is 12.8 Å². The van der Waals surface area contributed by atoms with Crippen molar-refractivity contribution in [3.05, 3.63) is 41.5 Å². The second-order valence-corrected chi connectivity index (χ2v) is 7.89. The molecule has 1 fully saturated rings. The molecule has 1 aromatic carbocycles. The number of aromatic amines is 1. The number of amides is 2. The molecular formula is C20H24F3N5O3. The van der Waals surface area contributed by atoms with E-state index in [-0.39, 0.29) is 30.0 Å². The van der Waals surface area contributed by atoms with Crippen molar-refractivity contribution >= 4 is 11.8 Å². The van der Waals surface area contributed by atoms with Crippen molar-refractivity contribution in [3.8, 4) is 5.75 Å². The van der Waals surface area contributed by atoms with Gasteiger partial charge in [0.1, 0.15) is 11.6 Å². The number of ether oxygens (including phenoxy) is 1. The number of hydrogen-bond donors (Lipinski definition) is 2. The molecule has 11 heteroatoms. The molecule has 8 nitrogen and oxygen atoms in total. The number of H-pyrrole nitrogens is 1. The van der Waals surface area contributed by atoms with Crippen LogP contribution in [0.25, 0.3) is 0 Å². The second kappa shape index (κ2) is 8.94. The summed E-state index contributed by atoms with van der Waals surface area (Å²) in [7, 11) is 0. The van der Waals surface area contributed by atoms with Crippen LogP contribution in [-0.4, -0.2) is 50.8 Å². The SMILES string of the molecule is Cc1nc([C@@H]2C[C@H](NC(=O)CC(C)C)CN2C(=O)c2ccccc2OC(F)(F)F)n[nH]1. The number of aromatic nitrogens is 3. The Morgan fingerprint density at radius 1 is 1.32 bits per heavy atom. The Morgan fingerprint density at radius 3 is 2.65 bits per heavy atom. The van der Waals surface area contributed by atoms with Crippen LogP contribution in [0.3, 0.4) is 0 Å². The van der Waals surface area contributed by atoms with Crippen molar-refractivity contribution in [2.24, 2.45) is 5.92 Å². The van der Waals surface area contributed by atoms with Crippen LogP contribution in [0.15, 0.2) is 24.3 Å². The number of nitrogens with one attached hydrogen (secondary N) is 2. The van der Waals surface area contributed by atoms with Gasteiger partial charge in [-0.15, -0.1) is 13.2 Å². The number of para-hydroxylation sites is 1. The summed E-state index contributed by atoms with van der Waals surface area (Å²) in [5, 5.41) is 9.72. The summed E-state index contributed by atoms with van der Waals surface area (Å²) in [5.74, 6) is -0.363. The Hall–Kier alpha value is -3.11. The Balaban J connectivity index is 1.87. The topological polar surface area (TPSA) is 100 Å². The number of carbonyl (C=O) groups is 2. The molecule has 0 bridgehead atoms. The lowest BCUT2D eigenvalue weighted by molar-refractivity contribution is -0.274. The van der Waals surface area contributed by atoms with Crippen molar-refractivity contribution < 1.29 is 27.5 Å². The highest BCUT2D eigenvalue weighted by Crippen LogP contribution is 2.34. The van der Waals surface area contributed by atoms with Gasteiger partial charge < -0.3 is 15.0 Å². The Bertz CT molecular complexity index is 944. The van der Waals surface area contributed by atoms with Crippen LogP contribution in [0.5, 0.6) is 5.75 Å². The van der Waals surface area contributed by atoms with Crippen molar-refractivity contribution in [2.75, 3.05) is 6.54 Å². The number of nitrogens with zero attached hydrogens (tertiary/aromatic N) is 3. The fourth-order valence-corrected chi connectivity index (χ4v) is 3.59. The lowest BCUT2D eigenvalue weighted by atomic mass is 10.1. The average Bonchev–Trinajstić information content (AvgIpc) is 3.25. The Morgan fingerprint density at radius 2 is 2.03 bits per heavy atom. The number of carbonyl (C=O) groups excluding carboxylic acids is 2. The summed E-state index contributed by atoms with van der Waals surface area (Å²) in [5.41, 5.74) is -0.230. The zero-order valence-corrected chi connectivity index (χ0v) is 17.4. The van der Waals surface area contributed by atoms with Gasteiger partial charge in [-0.25, -0.2) is 4.98 Å². The van der Waals surface area contributed by atoms with E-state index in [9.17, 15) is 22.8 Å². The zero-order chi connectivity index (χ0) is 22.8. The molecule has 0 aliphatic carbocycles. The van der Waals surface area contributed by atoms with Crippen LogP contribution in [0.4, 0.5) is 13.2 Å². The van der Waals surface area contributed by atoms with Crippen LogP contribution in [-0.2, 0) is 4.79 Å². The van der Waals surface area contributed by atoms with E-state index < -0.39 is 24.1 Å². The lowest BCUT2D eigenvalue weighted by Crippen LogP contribution is -2.39. The van der Waals surface area contributed by atoms with Crippen LogP contribution in [0.1, 0.15) is 54.7 Å². The Kier molecular flexibility index (Phi) is 6.51. The largest absolute Gasteiger partial charge is 0.573 e. The molecule has 1 aromatic heterocycles. The first-order chi connectivity index (χ1) is 14.5. The van der Waals surface area contributed by atoms with Crippen molar-refractivity contribution in [1.82, 2.24) is 25.4 Å². The van der Waals surface area contributed by atoms with Crippen LogP contribution < -0.4 is 10.1 Å². The third-order valence-corrected chi connectivity index (χ3v) is 4.78. The molecular weight excluding hydrogens is 415 g/mol. The molecule has 2 amide bonds. The minimum atomic E-state index is -4.94. The molecule has 1 aliphatic rings. The minimum Gasteiger partial charge on any atom is -0.405 e.